The molecule has 152 valence electrons. The molecular formula is C18H20F2N8O. The van der Waals surface area contributed by atoms with E-state index in [0.717, 1.165) is 5.69 Å². The number of alkyl halides is 2. The van der Waals surface area contributed by atoms with Crippen LogP contribution in [0.2, 0.25) is 0 Å². The summed E-state index contributed by atoms with van der Waals surface area (Å²) in [6, 6.07) is 8.55. The number of likely N-dealkylation sites (tertiary alicyclic amines) is 1. The zero-order valence-electron chi connectivity index (χ0n) is 15.4. The Bertz CT molecular complexity index is 939. The van der Waals surface area contributed by atoms with Crippen molar-refractivity contribution in [3.05, 3.63) is 47.8 Å². The molecule has 0 atom stereocenters. The molecule has 0 saturated carbocycles. The van der Waals surface area contributed by atoms with Crippen LogP contribution in [0.1, 0.15) is 28.9 Å². The number of amidine groups is 1. The number of nitrogens with one attached hydrogen (secondary N) is 4. The number of piperidine rings is 1. The summed E-state index contributed by atoms with van der Waals surface area (Å²) < 4.78 is 26.7. The number of carbonyl (C=O) groups is 1. The van der Waals surface area contributed by atoms with E-state index in [-0.39, 0.29) is 37.7 Å². The second kappa shape index (κ2) is 7.26. The van der Waals surface area contributed by atoms with E-state index in [1.807, 2.05) is 0 Å². The van der Waals surface area contributed by atoms with Crippen LogP contribution in [0.4, 0.5) is 25.8 Å². The lowest BCUT2D eigenvalue weighted by Gasteiger charge is -2.31. The first-order valence-corrected chi connectivity index (χ1v) is 9.02. The van der Waals surface area contributed by atoms with Crippen molar-refractivity contribution in [2.75, 3.05) is 23.5 Å². The minimum Gasteiger partial charge on any atom is -0.338 e. The van der Waals surface area contributed by atoms with E-state index in [9.17, 15) is 13.6 Å². The summed E-state index contributed by atoms with van der Waals surface area (Å²) in [5, 5.41) is 9.37. The zero-order chi connectivity index (χ0) is 20.6. The highest BCUT2D eigenvalue weighted by Gasteiger charge is 2.36. The summed E-state index contributed by atoms with van der Waals surface area (Å²) in [6.45, 7) is 0.0941. The molecule has 2 aliphatic heterocycles. The highest BCUT2D eigenvalue weighted by Crippen LogP contribution is 2.35. The molecule has 1 amide bonds. The number of hydrogen-bond acceptors (Lipinski definition) is 7. The number of anilines is 3. The molecule has 0 unspecified atom stereocenters. The molecule has 9 nitrogen and oxygen atoms in total. The van der Waals surface area contributed by atoms with Crippen molar-refractivity contribution in [1.29, 1.82) is 5.41 Å². The summed E-state index contributed by atoms with van der Waals surface area (Å²) in [5.41, 5.74) is 11.2. The molecule has 3 heterocycles. The Hall–Kier alpha value is -3.31. The molecule has 0 aliphatic carbocycles. The summed E-state index contributed by atoms with van der Waals surface area (Å²) in [7, 11) is 0. The Kier molecular flexibility index (Phi) is 4.76. The number of hydrogen-bond donors (Lipinski definition) is 5. The van der Waals surface area contributed by atoms with Crippen LogP contribution in [0.25, 0.3) is 0 Å². The molecule has 6 N–H and O–H groups in total. The topological polar surface area (TPSA) is 122 Å². The first-order chi connectivity index (χ1) is 13.9. The van der Waals surface area contributed by atoms with E-state index in [0.29, 0.717) is 22.6 Å². The first-order valence-electron chi connectivity index (χ1n) is 9.02. The van der Waals surface area contributed by atoms with Crippen molar-refractivity contribution in [3.63, 3.8) is 0 Å². The second-order valence-electron chi connectivity index (χ2n) is 6.87. The largest absolute Gasteiger partial charge is 0.338 e. The van der Waals surface area contributed by atoms with Gasteiger partial charge in [0.05, 0.1) is 23.3 Å². The van der Waals surface area contributed by atoms with Gasteiger partial charge in [0.15, 0.2) is 5.84 Å². The van der Waals surface area contributed by atoms with Crippen LogP contribution in [0, 0.1) is 5.41 Å². The van der Waals surface area contributed by atoms with Crippen molar-refractivity contribution >= 4 is 28.8 Å². The van der Waals surface area contributed by atoms with E-state index in [4.69, 9.17) is 11.3 Å². The van der Waals surface area contributed by atoms with Crippen molar-refractivity contribution in [1.82, 2.24) is 20.8 Å². The van der Waals surface area contributed by atoms with Gasteiger partial charge in [-0.15, -0.1) is 5.53 Å². The van der Waals surface area contributed by atoms with Crippen LogP contribution in [-0.2, 0) is 0 Å². The van der Waals surface area contributed by atoms with E-state index in [1.54, 1.807) is 41.5 Å². The monoisotopic (exact) mass is 402 g/mol. The number of halogens is 2. The number of nitrogens with two attached hydrogens (primary N) is 1. The molecule has 1 aromatic carbocycles. The normalized spacial score (nSPS) is 17.5. The van der Waals surface area contributed by atoms with Gasteiger partial charge in [0.25, 0.3) is 11.8 Å². The number of benzene rings is 1. The van der Waals surface area contributed by atoms with Gasteiger partial charge in [0.1, 0.15) is 5.69 Å². The Morgan fingerprint density at radius 1 is 1.24 bits per heavy atom. The minimum atomic E-state index is -2.69. The molecule has 1 fully saturated rings. The first kappa shape index (κ1) is 19.0. The van der Waals surface area contributed by atoms with Gasteiger partial charge in [-0.25, -0.2) is 14.6 Å². The van der Waals surface area contributed by atoms with Gasteiger partial charge in [-0.3, -0.25) is 20.2 Å². The highest BCUT2D eigenvalue weighted by atomic mass is 19.3. The van der Waals surface area contributed by atoms with Gasteiger partial charge in [-0.05, 0) is 30.3 Å². The molecule has 29 heavy (non-hydrogen) atoms. The average Bonchev–Trinajstić information content (AvgIpc) is 3.16. The number of nitrogens with zero attached hydrogens (tertiary/aromatic N) is 3. The Labute approximate surface area is 165 Å². The SMILES string of the molecule is N=C(NN)c1ccc(N2NNc3cc(C(=O)N4CCC(F)(F)CC4)ccc32)cn1. The lowest BCUT2D eigenvalue weighted by atomic mass is 10.0. The maximum absolute atomic E-state index is 13.3. The summed E-state index contributed by atoms with van der Waals surface area (Å²) >= 11 is 0. The molecule has 2 aromatic rings. The third-order valence-electron chi connectivity index (χ3n) is 4.98. The number of pyridine rings is 1. The van der Waals surface area contributed by atoms with Gasteiger partial charge >= 0.3 is 0 Å². The molecule has 2 aliphatic rings. The number of hydrazine groups is 3. The Balaban J connectivity index is 1.50. The number of aromatic nitrogens is 1. The van der Waals surface area contributed by atoms with Crippen molar-refractivity contribution < 1.29 is 13.6 Å². The predicted molar refractivity (Wildman–Crippen MR) is 104 cm³/mol. The summed E-state index contributed by atoms with van der Waals surface area (Å²) in [4.78, 5) is 18.3. The number of carbonyl (C=O) groups excluding carboxylic acids is 1. The molecule has 0 radical (unpaired) electrons. The van der Waals surface area contributed by atoms with Gasteiger partial charge < -0.3 is 15.8 Å². The standard InChI is InChI=1S/C18H20F2N8O/c19-18(20)5-7-27(8-6-18)17(29)11-1-4-15-14(9-11)25-26-28(15)12-2-3-13(23-10-12)16(21)24-22/h1-4,9-10,25-26H,5-8,22H2,(H2,21,24). The van der Waals surface area contributed by atoms with Crippen LogP contribution in [0.3, 0.4) is 0 Å². The molecule has 0 bridgehead atoms. The van der Waals surface area contributed by atoms with Crippen LogP contribution in [-0.4, -0.2) is 40.6 Å². The maximum Gasteiger partial charge on any atom is 0.253 e. The Morgan fingerprint density at radius 2 is 2.00 bits per heavy atom. The zero-order valence-corrected chi connectivity index (χ0v) is 15.4. The number of rotatable bonds is 3. The van der Waals surface area contributed by atoms with Crippen LogP contribution in [0.15, 0.2) is 36.5 Å². The summed E-state index contributed by atoms with van der Waals surface area (Å²) in [5.74, 6) is 2.27. The third kappa shape index (κ3) is 3.69. The quantitative estimate of drug-likeness (QED) is 0.229. The average molecular weight is 402 g/mol. The van der Waals surface area contributed by atoms with E-state index in [1.165, 1.54) is 4.90 Å². The lowest BCUT2D eigenvalue weighted by molar-refractivity contribution is -0.0494. The van der Waals surface area contributed by atoms with Crippen LogP contribution in [0.5, 0.6) is 0 Å². The lowest BCUT2D eigenvalue weighted by Crippen LogP contribution is -2.42. The van der Waals surface area contributed by atoms with Crippen molar-refractivity contribution in [2.45, 2.75) is 18.8 Å². The summed E-state index contributed by atoms with van der Waals surface area (Å²) in [6.07, 6.45) is 0.965. The van der Waals surface area contributed by atoms with Gasteiger partial charge in [-0.2, -0.15) is 0 Å². The predicted octanol–water partition coefficient (Wildman–Crippen LogP) is 1.72. The Morgan fingerprint density at radius 3 is 2.66 bits per heavy atom. The minimum absolute atomic E-state index is 0.00286. The van der Waals surface area contributed by atoms with E-state index in [2.05, 4.69) is 21.4 Å². The fraction of sp³-hybridized carbons (Fsp3) is 0.278. The molecule has 1 saturated heterocycles. The van der Waals surface area contributed by atoms with Crippen LogP contribution >= 0.6 is 0 Å². The van der Waals surface area contributed by atoms with E-state index >= 15 is 0 Å². The molecule has 11 heteroatoms. The van der Waals surface area contributed by atoms with Gasteiger partial charge in [0, 0.05) is 31.5 Å². The second-order valence-corrected chi connectivity index (χ2v) is 6.87. The van der Waals surface area contributed by atoms with Crippen LogP contribution < -0.4 is 27.2 Å². The van der Waals surface area contributed by atoms with Crippen molar-refractivity contribution in [2.24, 2.45) is 5.84 Å². The molecule has 1 aromatic heterocycles. The number of fused-ring (bicyclic) bond motifs is 1. The van der Waals surface area contributed by atoms with Gasteiger partial charge in [-0.1, -0.05) is 0 Å². The highest BCUT2D eigenvalue weighted by molar-refractivity contribution is 5.97. The van der Waals surface area contributed by atoms with Crippen molar-refractivity contribution in [3.8, 4) is 0 Å². The fourth-order valence-corrected chi connectivity index (χ4v) is 3.30. The van der Waals surface area contributed by atoms with Gasteiger partial charge in [0.2, 0.25) is 0 Å². The van der Waals surface area contributed by atoms with E-state index < -0.39 is 5.92 Å². The smallest absolute Gasteiger partial charge is 0.253 e. The number of amides is 1. The fourth-order valence-electron chi connectivity index (χ4n) is 3.30. The maximum atomic E-state index is 13.3. The molecular weight excluding hydrogens is 382 g/mol. The third-order valence-corrected chi connectivity index (χ3v) is 4.98. The molecule has 0 spiro atoms. The molecule has 4 rings (SSSR count).